The molecule has 0 aliphatic heterocycles. The quantitative estimate of drug-likeness (QED) is 0.853. The van der Waals surface area contributed by atoms with E-state index in [2.05, 4.69) is 44.1 Å². The first-order valence-corrected chi connectivity index (χ1v) is 6.16. The molecule has 0 aliphatic carbocycles. The molecule has 1 aromatic heterocycles. The van der Waals surface area contributed by atoms with Crippen LogP contribution < -0.4 is 5.32 Å². The van der Waals surface area contributed by atoms with Gasteiger partial charge >= 0.3 is 0 Å². The number of nitrogens with zero attached hydrogens (tertiary/aromatic N) is 1. The third-order valence-corrected chi connectivity index (χ3v) is 2.88. The predicted octanol–water partition coefficient (Wildman–Crippen LogP) is 2.79. The van der Waals surface area contributed by atoms with Crippen LogP contribution in [0.5, 0.6) is 0 Å². The van der Waals surface area contributed by atoms with Crippen molar-refractivity contribution in [3.8, 4) is 0 Å². The third kappa shape index (κ3) is 3.79. The first kappa shape index (κ1) is 14.1. The molecule has 1 heterocycles. The van der Waals surface area contributed by atoms with Crippen LogP contribution in [0, 0.1) is 5.41 Å². The molecule has 2 atom stereocenters. The molecule has 17 heavy (non-hydrogen) atoms. The molecule has 3 heteroatoms. The Kier molecular flexibility index (Phi) is 5.09. The van der Waals surface area contributed by atoms with Crippen molar-refractivity contribution in [1.82, 2.24) is 10.3 Å². The maximum Gasteiger partial charge on any atom is 0.0814 e. The summed E-state index contributed by atoms with van der Waals surface area (Å²) in [7, 11) is 1.77. The molecular weight excluding hydrogens is 212 g/mol. The Hall–Kier alpha value is -0.930. The molecule has 0 spiro atoms. The van der Waals surface area contributed by atoms with Gasteiger partial charge in [0.25, 0.3) is 0 Å². The van der Waals surface area contributed by atoms with Crippen LogP contribution in [0.3, 0.4) is 0 Å². The number of methoxy groups -OCH3 is 1. The molecule has 1 N–H and O–H groups in total. The van der Waals surface area contributed by atoms with E-state index in [1.54, 1.807) is 13.3 Å². The van der Waals surface area contributed by atoms with Crippen LogP contribution in [0.2, 0.25) is 0 Å². The second kappa shape index (κ2) is 6.12. The van der Waals surface area contributed by atoms with Crippen LogP contribution in [-0.2, 0) is 4.74 Å². The molecule has 1 aromatic rings. The van der Waals surface area contributed by atoms with Gasteiger partial charge in [-0.25, -0.2) is 0 Å². The van der Waals surface area contributed by atoms with Gasteiger partial charge in [-0.05, 0) is 23.6 Å². The highest BCUT2D eigenvalue weighted by atomic mass is 16.5. The van der Waals surface area contributed by atoms with Crippen molar-refractivity contribution in [2.75, 3.05) is 13.7 Å². The summed E-state index contributed by atoms with van der Waals surface area (Å²) in [6.07, 6.45) is 3.82. The predicted molar refractivity (Wildman–Crippen MR) is 70.9 cm³/mol. The van der Waals surface area contributed by atoms with Gasteiger partial charge in [-0.2, -0.15) is 0 Å². The van der Waals surface area contributed by atoms with E-state index in [1.165, 1.54) is 5.56 Å². The third-order valence-electron chi connectivity index (χ3n) is 2.88. The fourth-order valence-electron chi connectivity index (χ4n) is 2.17. The summed E-state index contributed by atoms with van der Waals surface area (Å²) in [6, 6.07) is 4.24. The zero-order chi connectivity index (χ0) is 12.9. The highest BCUT2D eigenvalue weighted by molar-refractivity contribution is 5.16. The molecule has 96 valence electrons. The maximum atomic E-state index is 5.69. The van der Waals surface area contributed by atoms with Gasteiger partial charge in [0.15, 0.2) is 0 Å². The Morgan fingerprint density at radius 2 is 2.12 bits per heavy atom. The molecular formula is C14H24N2O. The number of nitrogens with one attached hydrogen (secondary N) is 1. The highest BCUT2D eigenvalue weighted by Gasteiger charge is 2.32. The van der Waals surface area contributed by atoms with E-state index < -0.39 is 0 Å². The van der Waals surface area contributed by atoms with Crippen molar-refractivity contribution in [2.45, 2.75) is 39.8 Å². The van der Waals surface area contributed by atoms with Crippen LogP contribution in [0.4, 0.5) is 0 Å². The lowest BCUT2D eigenvalue weighted by atomic mass is 9.82. The van der Waals surface area contributed by atoms with E-state index in [0.29, 0.717) is 0 Å². The molecule has 0 aliphatic rings. The summed E-state index contributed by atoms with van der Waals surface area (Å²) in [6.45, 7) is 9.61. The van der Waals surface area contributed by atoms with Gasteiger partial charge < -0.3 is 10.1 Å². The summed E-state index contributed by atoms with van der Waals surface area (Å²) in [5, 5.41) is 3.49. The zero-order valence-corrected chi connectivity index (χ0v) is 11.5. The van der Waals surface area contributed by atoms with Crippen molar-refractivity contribution in [3.63, 3.8) is 0 Å². The van der Waals surface area contributed by atoms with Crippen LogP contribution in [-0.4, -0.2) is 24.7 Å². The smallest absolute Gasteiger partial charge is 0.0814 e. The van der Waals surface area contributed by atoms with Crippen LogP contribution in [0.1, 0.15) is 39.3 Å². The molecule has 1 rings (SSSR count). The van der Waals surface area contributed by atoms with E-state index >= 15 is 0 Å². The molecule has 3 nitrogen and oxygen atoms in total. The van der Waals surface area contributed by atoms with E-state index in [-0.39, 0.29) is 17.6 Å². The number of aromatic nitrogens is 1. The van der Waals surface area contributed by atoms with E-state index in [0.717, 1.165) is 6.54 Å². The second-order valence-electron chi connectivity index (χ2n) is 5.34. The Balaban J connectivity index is 2.99. The number of rotatable bonds is 5. The Bertz CT molecular complexity index is 319. The summed E-state index contributed by atoms with van der Waals surface area (Å²) in [5.41, 5.74) is 1.26. The molecule has 0 bridgehead atoms. The van der Waals surface area contributed by atoms with Crippen molar-refractivity contribution < 1.29 is 4.74 Å². The Morgan fingerprint density at radius 3 is 2.53 bits per heavy atom. The Labute approximate surface area is 105 Å². The highest BCUT2D eigenvalue weighted by Crippen LogP contribution is 2.32. The van der Waals surface area contributed by atoms with Gasteiger partial charge in [0.1, 0.15) is 0 Å². The van der Waals surface area contributed by atoms with Crippen molar-refractivity contribution >= 4 is 0 Å². The fourth-order valence-corrected chi connectivity index (χ4v) is 2.17. The number of hydrogen-bond donors (Lipinski definition) is 1. The standard InChI is InChI=1S/C14H24N2O/c1-6-16-12(11-8-7-9-15-10-11)13(17-5)14(2,3)4/h7-10,12-13,16H,6H2,1-5H3. The zero-order valence-electron chi connectivity index (χ0n) is 11.5. The largest absolute Gasteiger partial charge is 0.379 e. The first-order valence-electron chi connectivity index (χ1n) is 6.16. The Morgan fingerprint density at radius 1 is 1.41 bits per heavy atom. The number of hydrogen-bond acceptors (Lipinski definition) is 3. The monoisotopic (exact) mass is 236 g/mol. The molecule has 0 aromatic carbocycles. The van der Waals surface area contributed by atoms with Crippen LogP contribution in [0.15, 0.2) is 24.5 Å². The molecule has 0 radical (unpaired) electrons. The first-order chi connectivity index (χ1) is 8.00. The molecule has 0 saturated heterocycles. The van der Waals surface area contributed by atoms with Crippen molar-refractivity contribution in [1.29, 1.82) is 0 Å². The minimum absolute atomic E-state index is 0.0808. The van der Waals surface area contributed by atoms with Gasteiger partial charge in [-0.15, -0.1) is 0 Å². The topological polar surface area (TPSA) is 34.2 Å². The number of ether oxygens (including phenoxy) is 1. The van der Waals surface area contributed by atoms with Gasteiger partial charge in [0, 0.05) is 19.5 Å². The van der Waals surface area contributed by atoms with Crippen LogP contribution >= 0.6 is 0 Å². The van der Waals surface area contributed by atoms with E-state index in [9.17, 15) is 0 Å². The van der Waals surface area contributed by atoms with Gasteiger partial charge in [0.2, 0.25) is 0 Å². The van der Waals surface area contributed by atoms with Crippen molar-refractivity contribution in [2.24, 2.45) is 5.41 Å². The lowest BCUT2D eigenvalue weighted by Crippen LogP contribution is -2.41. The van der Waals surface area contributed by atoms with Gasteiger partial charge in [-0.3, -0.25) is 4.98 Å². The lowest BCUT2D eigenvalue weighted by molar-refractivity contribution is -0.0116. The number of pyridine rings is 1. The average molecular weight is 236 g/mol. The summed E-state index contributed by atoms with van der Waals surface area (Å²) in [4.78, 5) is 4.19. The maximum absolute atomic E-state index is 5.69. The minimum Gasteiger partial charge on any atom is -0.379 e. The number of likely N-dealkylation sites (N-methyl/N-ethyl adjacent to an activating group) is 1. The van der Waals surface area contributed by atoms with E-state index in [1.807, 2.05) is 12.3 Å². The second-order valence-corrected chi connectivity index (χ2v) is 5.34. The minimum atomic E-state index is 0.0808. The fraction of sp³-hybridized carbons (Fsp3) is 0.643. The molecule has 0 saturated carbocycles. The summed E-state index contributed by atoms with van der Waals surface area (Å²) in [5.74, 6) is 0. The average Bonchev–Trinajstić information content (AvgIpc) is 2.28. The lowest BCUT2D eigenvalue weighted by Gasteiger charge is -2.36. The summed E-state index contributed by atoms with van der Waals surface area (Å²) < 4.78 is 5.69. The molecule has 2 unspecified atom stereocenters. The van der Waals surface area contributed by atoms with Gasteiger partial charge in [-0.1, -0.05) is 33.8 Å². The van der Waals surface area contributed by atoms with Crippen molar-refractivity contribution in [3.05, 3.63) is 30.1 Å². The van der Waals surface area contributed by atoms with Crippen LogP contribution in [0.25, 0.3) is 0 Å². The molecule has 0 fully saturated rings. The van der Waals surface area contributed by atoms with Gasteiger partial charge in [0.05, 0.1) is 12.1 Å². The molecule has 0 amide bonds. The summed E-state index contributed by atoms with van der Waals surface area (Å²) >= 11 is 0. The normalized spacial score (nSPS) is 15.6. The van der Waals surface area contributed by atoms with E-state index in [4.69, 9.17) is 4.74 Å². The SMILES string of the molecule is CCNC(c1cccnc1)C(OC)C(C)(C)C.